The fourth-order valence-electron chi connectivity index (χ4n) is 0. The summed E-state index contributed by atoms with van der Waals surface area (Å²) in [5, 5.41) is 1.46. The summed E-state index contributed by atoms with van der Waals surface area (Å²) in [6.07, 6.45) is 0. The highest BCUT2D eigenvalue weighted by atomic mass is 35.5. The molecule has 0 spiro atoms. The van der Waals surface area contributed by atoms with Crippen molar-refractivity contribution in [3.05, 3.63) is 0 Å². The maximum absolute atomic E-state index is 6.45. The van der Waals surface area contributed by atoms with Crippen molar-refractivity contribution >= 4 is 12.3 Å². The molecule has 1 N–H and O–H groups in total. The third kappa shape index (κ3) is 56.3. The van der Waals surface area contributed by atoms with Gasteiger partial charge in [-0.1, -0.05) is 0 Å². The molecule has 0 aromatic rings. The van der Waals surface area contributed by atoms with Crippen molar-refractivity contribution in [3.8, 4) is 0 Å². The van der Waals surface area contributed by atoms with Gasteiger partial charge in [0.2, 0.25) is 0 Å². The van der Waals surface area contributed by atoms with E-state index in [1.165, 1.54) is 5.32 Å². The molecule has 2 heteroatoms. The summed E-state index contributed by atoms with van der Waals surface area (Å²) < 4.78 is 43.9. The van der Waals surface area contributed by atoms with Gasteiger partial charge in [0.1, 0.15) is 1.17 Å². The van der Waals surface area contributed by atoms with Gasteiger partial charge < -0.3 is 5.32 Å². The van der Waals surface area contributed by atoms with E-state index in [9.17, 15) is 0 Å². The molecular formula is C2H8ClN. The van der Waals surface area contributed by atoms with Gasteiger partial charge in [0, 0.05) is 8.22 Å². The summed E-state index contributed by atoms with van der Waals surface area (Å²) in [6, 6.07) is 0. The number of rotatable bonds is 0. The van der Waals surface area contributed by atoms with E-state index in [1.807, 2.05) is 0 Å². The average molecular weight is 88.6 g/mol. The highest BCUT2D eigenvalue weighted by molar-refractivity contribution is 5.85. The molecule has 0 rings (SSSR count). The Hall–Kier alpha value is 0.250. The molecule has 0 saturated heterocycles. The molecular weight excluding hydrogens is 73.5 g/mol. The van der Waals surface area contributed by atoms with Gasteiger partial charge in [0.25, 0.3) is 0 Å². The van der Waals surface area contributed by atoms with Crippen LogP contribution in [0.15, 0.2) is 0 Å². The van der Waals surface area contributed by atoms with E-state index in [0.717, 1.165) is 0 Å². The van der Waals surface area contributed by atoms with E-state index in [4.69, 9.17) is 9.40 Å². The van der Waals surface area contributed by atoms with Crippen molar-refractivity contribution in [1.29, 1.82) is 1.17 Å². The van der Waals surface area contributed by atoms with Crippen LogP contribution in [0.5, 0.6) is 0 Å². The Morgan fingerprint density at radius 1 is 2.00 bits per heavy atom. The van der Waals surface area contributed by atoms with Crippen molar-refractivity contribution < 1.29 is 8.22 Å². The Bertz CT molecular complexity index is 81.6. The van der Waals surface area contributed by atoms with Crippen LogP contribution in [0.3, 0.4) is 0 Å². The number of halogens is 1. The Labute approximate surface area is 42.4 Å². The van der Waals surface area contributed by atoms with Crippen LogP contribution in [0.1, 0.15) is 8.22 Å². The molecule has 0 aliphatic heterocycles. The first kappa shape index (κ1) is 0.525. The second-order valence-corrected chi connectivity index (χ2v) is 0.125. The minimum atomic E-state index is -2.58. The first-order valence-corrected chi connectivity index (χ1v) is 0.500. The lowest BCUT2D eigenvalue weighted by atomic mass is 11.3. The maximum Gasteiger partial charge on any atom is 0.147 e. The average Bonchev–Trinajstić information content (AvgIpc) is 1.60. The molecule has 0 aliphatic carbocycles. The van der Waals surface area contributed by atoms with Gasteiger partial charge in [-0.15, -0.1) is 12.3 Å². The van der Waals surface area contributed by atoms with Crippen LogP contribution in [0, 0.1) is 0 Å². The lowest BCUT2D eigenvalue weighted by molar-refractivity contribution is 1.02. The van der Waals surface area contributed by atoms with Gasteiger partial charge >= 0.3 is 0 Å². The van der Waals surface area contributed by atoms with Crippen LogP contribution in [0.25, 0.3) is 0 Å². The minimum absolute atomic E-state index is 1.46. The van der Waals surface area contributed by atoms with Gasteiger partial charge in [0.15, 0.2) is 0 Å². The standard InChI is InChI=1S/C2H7N.ClH/c1-3-2;/h3H,1-2H3;1H/i1D3,2D3;/hD. The Balaban J connectivity index is 0. The van der Waals surface area contributed by atoms with E-state index >= 15 is 0 Å². The van der Waals surface area contributed by atoms with Crippen molar-refractivity contribution in [3.63, 3.8) is 0 Å². The molecule has 0 bridgehead atoms. The Morgan fingerprint density at radius 2 is 2.50 bits per heavy atom. The zero-order chi connectivity index (χ0) is 9.71. The summed E-state index contributed by atoms with van der Waals surface area (Å²) >= 11 is 3.89. The molecule has 1 nitrogen and oxygen atoms in total. The van der Waals surface area contributed by atoms with Crippen LogP contribution >= 0.6 is 12.3 Å². The summed E-state index contributed by atoms with van der Waals surface area (Å²) in [7, 11) is 0. The smallest absolute Gasteiger partial charge is 0.147 e. The Kier molecular flexibility index (Phi) is 1.38. The molecule has 0 aromatic heterocycles. The van der Waals surface area contributed by atoms with Gasteiger partial charge in [-0.3, -0.25) is 0 Å². The monoisotopic (exact) mass is 88.1 g/mol. The quantitative estimate of drug-likeness (QED) is 0.448. The minimum Gasteiger partial charge on any atom is -0.323 e. The molecule has 0 fully saturated rings. The van der Waals surface area contributed by atoms with Crippen LogP contribution in [-0.2, 0) is 0 Å². The number of hydrogen-bond acceptors (Lipinski definition) is 1. The van der Waals surface area contributed by atoms with Crippen molar-refractivity contribution in [1.82, 2.24) is 5.32 Å². The van der Waals surface area contributed by atoms with Crippen molar-refractivity contribution in [2.24, 2.45) is 0 Å². The van der Waals surface area contributed by atoms with Crippen LogP contribution < -0.4 is 5.32 Å². The highest BCUT2D eigenvalue weighted by Gasteiger charge is 1.25. The third-order valence-corrected chi connectivity index (χ3v) is 0. The molecule has 0 atom stereocenters. The summed E-state index contributed by atoms with van der Waals surface area (Å²) in [5.74, 6) is 0. The van der Waals surface area contributed by atoms with Crippen LogP contribution in [0.4, 0.5) is 0 Å². The molecule has 4 heavy (non-hydrogen) atoms. The van der Waals surface area contributed by atoms with Gasteiger partial charge in [-0.25, -0.2) is 0 Å². The molecule has 0 unspecified atom stereocenters. The normalized spacial score (nSPS) is 34.8. The van der Waals surface area contributed by atoms with E-state index in [0.29, 0.717) is 0 Å². The van der Waals surface area contributed by atoms with Gasteiger partial charge in [-0.05, 0) is 14.0 Å². The van der Waals surface area contributed by atoms with E-state index in [2.05, 4.69) is 12.3 Å². The second-order valence-electron chi connectivity index (χ2n) is 0.125. The first-order chi connectivity index (χ1) is 4.71. The SMILES string of the molecule is [2H]C([2H])([2H])NC([2H])([2H])[2H].[2H]Cl. The molecule has 0 radical (unpaired) electrons. The molecule has 28 valence electrons. The fraction of sp³-hybridized carbons (Fsp3) is 1.00. The van der Waals surface area contributed by atoms with E-state index in [-0.39, 0.29) is 0 Å². The summed E-state index contributed by atoms with van der Waals surface area (Å²) in [4.78, 5) is 0. The predicted molar refractivity (Wildman–Crippen MR) is 22.2 cm³/mol. The zero-order valence-corrected chi connectivity index (χ0v) is 2.63. The van der Waals surface area contributed by atoms with E-state index < -0.39 is 14.0 Å². The van der Waals surface area contributed by atoms with E-state index in [1.54, 1.807) is 0 Å². The predicted octanol–water partition coefficient (Wildman–Crippen LogP) is 0.257. The van der Waals surface area contributed by atoms with Gasteiger partial charge in [-0.2, -0.15) is 0 Å². The highest BCUT2D eigenvalue weighted by Crippen LogP contribution is 0.981. The first-order valence-electron chi connectivity index (χ1n) is 3.88. The molecule has 0 saturated carbocycles. The van der Waals surface area contributed by atoms with Gasteiger partial charge in [0.05, 0.1) is 0 Å². The largest absolute Gasteiger partial charge is 0.323 e. The molecule has 0 heterocycles. The molecule has 0 aliphatic rings. The summed E-state index contributed by atoms with van der Waals surface area (Å²) in [6.45, 7) is -5.16. The van der Waals surface area contributed by atoms with Crippen LogP contribution in [0.2, 0.25) is 0 Å². The summed E-state index contributed by atoms with van der Waals surface area (Å²) in [5.41, 5.74) is 0. The maximum atomic E-state index is 6.45. The van der Waals surface area contributed by atoms with Crippen molar-refractivity contribution in [2.45, 2.75) is 0 Å². The number of hydrogen-bond donors (Lipinski definition) is 1. The third-order valence-electron chi connectivity index (χ3n) is 0. The van der Waals surface area contributed by atoms with Crippen LogP contribution in [-0.4, -0.2) is 15.1 Å². The molecule has 0 amide bonds. The molecule has 0 aromatic carbocycles. The number of nitrogens with one attached hydrogen (secondary N) is 1. The lowest BCUT2D eigenvalue weighted by Gasteiger charge is -1.59. The van der Waals surface area contributed by atoms with Crippen molar-refractivity contribution in [2.75, 3.05) is 14.0 Å². The zero-order valence-electron chi connectivity index (χ0n) is 8.88. The second kappa shape index (κ2) is 10.5. The fourth-order valence-corrected chi connectivity index (χ4v) is 0. The lowest BCUT2D eigenvalue weighted by Crippen LogP contribution is -1.89. The Morgan fingerprint density at radius 3 is 2.50 bits per heavy atom. The topological polar surface area (TPSA) is 12.0 Å².